The van der Waals surface area contributed by atoms with Crippen molar-refractivity contribution >= 4 is 17.7 Å². The minimum absolute atomic E-state index is 0.0531. The highest BCUT2D eigenvalue weighted by Crippen LogP contribution is 2.39. The summed E-state index contributed by atoms with van der Waals surface area (Å²) in [5.74, 6) is -0.934. The van der Waals surface area contributed by atoms with Crippen LogP contribution in [0.4, 0.5) is 4.39 Å². The SMILES string of the molecule is Cc1cccc(C(=O)N2CCC3(CC2)OCC(C(=O)N2CCCC2)N3C(=O)c2ccc(F)cc2)c1. The summed E-state index contributed by atoms with van der Waals surface area (Å²) < 4.78 is 19.8. The maximum Gasteiger partial charge on any atom is 0.256 e. The van der Waals surface area contributed by atoms with E-state index in [-0.39, 0.29) is 24.3 Å². The van der Waals surface area contributed by atoms with Crippen LogP contribution >= 0.6 is 0 Å². The van der Waals surface area contributed by atoms with E-state index in [1.54, 1.807) is 20.8 Å². The molecule has 184 valence electrons. The number of hydrogen-bond acceptors (Lipinski definition) is 4. The molecule has 3 saturated heterocycles. The Kier molecular flexibility index (Phi) is 6.32. The first-order valence-electron chi connectivity index (χ1n) is 12.3. The zero-order chi connectivity index (χ0) is 24.6. The summed E-state index contributed by atoms with van der Waals surface area (Å²) in [6.45, 7) is 4.24. The van der Waals surface area contributed by atoms with Crippen molar-refractivity contribution in [1.82, 2.24) is 14.7 Å². The lowest BCUT2D eigenvalue weighted by Gasteiger charge is -2.44. The third-order valence-electron chi connectivity index (χ3n) is 7.37. The summed E-state index contributed by atoms with van der Waals surface area (Å²) in [5.41, 5.74) is 0.987. The number of likely N-dealkylation sites (tertiary alicyclic amines) is 2. The van der Waals surface area contributed by atoms with Crippen molar-refractivity contribution in [1.29, 1.82) is 0 Å². The molecule has 3 aliphatic rings. The molecule has 0 bridgehead atoms. The summed E-state index contributed by atoms with van der Waals surface area (Å²) in [7, 11) is 0. The highest BCUT2D eigenvalue weighted by molar-refractivity contribution is 5.98. The van der Waals surface area contributed by atoms with Crippen molar-refractivity contribution in [2.45, 2.75) is 44.4 Å². The minimum atomic E-state index is -0.977. The van der Waals surface area contributed by atoms with Crippen molar-refractivity contribution in [3.63, 3.8) is 0 Å². The summed E-state index contributed by atoms with van der Waals surface area (Å²) in [6.07, 6.45) is 2.71. The molecule has 1 spiro atoms. The van der Waals surface area contributed by atoms with Crippen LogP contribution in [0, 0.1) is 12.7 Å². The van der Waals surface area contributed by atoms with Gasteiger partial charge in [0.15, 0.2) is 0 Å². The molecule has 3 heterocycles. The molecule has 0 radical (unpaired) electrons. The number of nitrogens with zero attached hydrogens (tertiary/aromatic N) is 3. The third kappa shape index (κ3) is 4.43. The number of piperidine rings is 1. The Hall–Kier alpha value is -3.26. The monoisotopic (exact) mass is 479 g/mol. The van der Waals surface area contributed by atoms with E-state index < -0.39 is 17.6 Å². The number of carbonyl (C=O) groups excluding carboxylic acids is 3. The number of halogens is 1. The van der Waals surface area contributed by atoms with Gasteiger partial charge in [-0.1, -0.05) is 17.7 Å². The molecule has 0 aromatic heterocycles. The first-order chi connectivity index (χ1) is 16.9. The fourth-order valence-corrected chi connectivity index (χ4v) is 5.46. The van der Waals surface area contributed by atoms with Gasteiger partial charge in [-0.25, -0.2) is 4.39 Å². The van der Waals surface area contributed by atoms with E-state index in [0.29, 0.717) is 50.1 Å². The van der Waals surface area contributed by atoms with E-state index in [1.165, 1.54) is 24.3 Å². The first-order valence-corrected chi connectivity index (χ1v) is 12.3. The molecule has 3 fully saturated rings. The molecule has 5 rings (SSSR count). The quantitative estimate of drug-likeness (QED) is 0.678. The van der Waals surface area contributed by atoms with E-state index in [4.69, 9.17) is 4.74 Å². The number of rotatable bonds is 3. The molecular formula is C27H30FN3O4. The molecule has 35 heavy (non-hydrogen) atoms. The largest absolute Gasteiger partial charge is 0.353 e. The number of ether oxygens (including phenoxy) is 1. The van der Waals surface area contributed by atoms with Crippen LogP contribution in [0.3, 0.4) is 0 Å². The minimum Gasteiger partial charge on any atom is -0.353 e. The van der Waals surface area contributed by atoms with Gasteiger partial charge in [0, 0.05) is 50.1 Å². The molecule has 0 aliphatic carbocycles. The van der Waals surface area contributed by atoms with Gasteiger partial charge in [-0.2, -0.15) is 0 Å². The fraction of sp³-hybridized carbons (Fsp3) is 0.444. The Morgan fingerprint density at radius 1 is 0.886 bits per heavy atom. The molecule has 1 unspecified atom stereocenters. The molecular weight excluding hydrogens is 449 g/mol. The van der Waals surface area contributed by atoms with Gasteiger partial charge >= 0.3 is 0 Å². The Bertz CT molecular complexity index is 1120. The zero-order valence-electron chi connectivity index (χ0n) is 19.9. The smallest absolute Gasteiger partial charge is 0.256 e. The van der Waals surface area contributed by atoms with Gasteiger partial charge < -0.3 is 14.5 Å². The van der Waals surface area contributed by atoms with Gasteiger partial charge in [0.25, 0.3) is 11.8 Å². The number of carbonyl (C=O) groups is 3. The fourth-order valence-electron chi connectivity index (χ4n) is 5.46. The van der Waals surface area contributed by atoms with Gasteiger partial charge in [-0.05, 0) is 56.2 Å². The standard InChI is InChI=1S/C27H30FN3O4/c1-19-5-4-6-21(17-19)24(32)30-15-11-27(12-16-30)31(25(33)20-7-9-22(28)10-8-20)23(18-35-27)26(34)29-13-2-3-14-29/h4-10,17,23H,2-3,11-16,18H2,1H3. The maximum absolute atomic E-state index is 13.7. The van der Waals surface area contributed by atoms with Crippen LogP contribution in [-0.2, 0) is 9.53 Å². The van der Waals surface area contributed by atoms with Crippen molar-refractivity contribution in [2.24, 2.45) is 0 Å². The summed E-state index contributed by atoms with van der Waals surface area (Å²) in [5, 5.41) is 0. The normalized spacial score (nSPS) is 21.5. The number of amides is 3. The molecule has 0 saturated carbocycles. The van der Waals surface area contributed by atoms with Crippen molar-refractivity contribution in [2.75, 3.05) is 32.8 Å². The predicted octanol–water partition coefficient (Wildman–Crippen LogP) is 3.23. The van der Waals surface area contributed by atoms with E-state index in [0.717, 1.165) is 18.4 Å². The third-order valence-corrected chi connectivity index (χ3v) is 7.37. The van der Waals surface area contributed by atoms with Crippen molar-refractivity contribution in [3.8, 4) is 0 Å². The van der Waals surface area contributed by atoms with Crippen LogP contribution in [0.5, 0.6) is 0 Å². The van der Waals surface area contributed by atoms with E-state index in [9.17, 15) is 18.8 Å². The molecule has 0 N–H and O–H groups in total. The lowest BCUT2D eigenvalue weighted by molar-refractivity contribution is -0.136. The van der Waals surface area contributed by atoms with Crippen LogP contribution in [0.15, 0.2) is 48.5 Å². The molecule has 8 heteroatoms. The van der Waals surface area contributed by atoms with E-state index in [1.807, 2.05) is 25.1 Å². The lowest BCUT2D eigenvalue weighted by atomic mass is 9.96. The second-order valence-corrected chi connectivity index (χ2v) is 9.65. The summed E-state index contributed by atoms with van der Waals surface area (Å²) in [4.78, 5) is 45.3. The first kappa shape index (κ1) is 23.5. The second-order valence-electron chi connectivity index (χ2n) is 9.65. The molecule has 7 nitrogen and oxygen atoms in total. The van der Waals surface area contributed by atoms with Crippen LogP contribution in [-0.4, -0.2) is 77.0 Å². The molecule has 2 aromatic carbocycles. The average Bonchev–Trinajstić information content (AvgIpc) is 3.53. The Balaban J connectivity index is 1.39. The van der Waals surface area contributed by atoms with Crippen LogP contribution < -0.4 is 0 Å². The van der Waals surface area contributed by atoms with Gasteiger partial charge in [-0.15, -0.1) is 0 Å². The van der Waals surface area contributed by atoms with Gasteiger partial charge in [0.05, 0.1) is 6.61 Å². The summed E-state index contributed by atoms with van der Waals surface area (Å²) >= 11 is 0. The topological polar surface area (TPSA) is 70.2 Å². The van der Waals surface area contributed by atoms with Gasteiger partial charge in [0.1, 0.15) is 17.6 Å². The molecule has 3 aliphatic heterocycles. The predicted molar refractivity (Wildman–Crippen MR) is 127 cm³/mol. The highest BCUT2D eigenvalue weighted by Gasteiger charge is 2.55. The molecule has 3 amide bonds. The number of aryl methyl sites for hydroxylation is 1. The second kappa shape index (κ2) is 9.41. The van der Waals surface area contributed by atoms with Gasteiger partial charge in [0.2, 0.25) is 5.91 Å². The number of benzene rings is 2. The Morgan fingerprint density at radius 3 is 2.23 bits per heavy atom. The molecule has 1 atom stereocenters. The molecule has 2 aromatic rings. The van der Waals surface area contributed by atoms with Crippen LogP contribution in [0.25, 0.3) is 0 Å². The zero-order valence-corrected chi connectivity index (χ0v) is 19.9. The average molecular weight is 480 g/mol. The van der Waals surface area contributed by atoms with Crippen LogP contribution in [0.2, 0.25) is 0 Å². The van der Waals surface area contributed by atoms with E-state index >= 15 is 0 Å². The maximum atomic E-state index is 13.7. The highest BCUT2D eigenvalue weighted by atomic mass is 19.1. The van der Waals surface area contributed by atoms with Crippen LogP contribution in [0.1, 0.15) is 52.0 Å². The Labute approximate surface area is 204 Å². The number of hydrogen-bond donors (Lipinski definition) is 0. The summed E-state index contributed by atoms with van der Waals surface area (Å²) in [6, 6.07) is 12.1. The Morgan fingerprint density at radius 2 is 1.57 bits per heavy atom. The van der Waals surface area contributed by atoms with Crippen molar-refractivity contribution in [3.05, 3.63) is 71.0 Å². The van der Waals surface area contributed by atoms with Crippen molar-refractivity contribution < 1.29 is 23.5 Å². The van der Waals surface area contributed by atoms with Gasteiger partial charge in [-0.3, -0.25) is 19.3 Å². The van der Waals surface area contributed by atoms with E-state index in [2.05, 4.69) is 0 Å². The lowest BCUT2D eigenvalue weighted by Crippen LogP contribution is -2.60.